The maximum absolute atomic E-state index is 11.8. The Labute approximate surface area is 114 Å². The summed E-state index contributed by atoms with van der Waals surface area (Å²) in [6, 6.07) is 7.25. The number of nitrogen functional groups attached to an aromatic ring is 1. The van der Waals surface area contributed by atoms with Crippen molar-refractivity contribution < 1.29 is 9.53 Å². The minimum Gasteiger partial charge on any atom is -0.397 e. The van der Waals surface area contributed by atoms with Crippen LogP contribution in [0.5, 0.6) is 0 Å². The van der Waals surface area contributed by atoms with Crippen LogP contribution in [0.4, 0.5) is 11.4 Å². The lowest BCUT2D eigenvalue weighted by molar-refractivity contribution is -0.116. The number of benzene rings is 1. The summed E-state index contributed by atoms with van der Waals surface area (Å²) >= 11 is 0. The Morgan fingerprint density at radius 3 is 2.79 bits per heavy atom. The minimum absolute atomic E-state index is 0.0267. The molecule has 0 bridgehead atoms. The van der Waals surface area contributed by atoms with E-state index < -0.39 is 0 Å². The molecule has 1 amide bonds. The first kappa shape index (κ1) is 15.5. The second-order valence-corrected chi connectivity index (χ2v) is 4.39. The zero-order valence-electron chi connectivity index (χ0n) is 11.7. The molecular formula is C14H23N3O2. The molecule has 0 saturated heterocycles. The Balaban J connectivity index is 2.26. The van der Waals surface area contributed by atoms with E-state index in [1.807, 2.05) is 26.1 Å². The zero-order chi connectivity index (χ0) is 14.1. The van der Waals surface area contributed by atoms with Crippen LogP contribution in [0, 0.1) is 0 Å². The minimum atomic E-state index is -0.0267. The number of nitrogens with zero attached hydrogens (tertiary/aromatic N) is 1. The van der Waals surface area contributed by atoms with E-state index in [9.17, 15) is 4.79 Å². The Morgan fingerprint density at radius 2 is 2.11 bits per heavy atom. The molecular weight excluding hydrogens is 242 g/mol. The van der Waals surface area contributed by atoms with Crippen molar-refractivity contribution in [1.82, 2.24) is 4.90 Å². The highest BCUT2D eigenvalue weighted by Crippen LogP contribution is 2.16. The molecule has 106 valence electrons. The highest BCUT2D eigenvalue weighted by atomic mass is 16.5. The smallest absolute Gasteiger partial charge is 0.225 e. The van der Waals surface area contributed by atoms with E-state index in [2.05, 4.69) is 10.2 Å². The first-order valence-electron chi connectivity index (χ1n) is 6.54. The van der Waals surface area contributed by atoms with E-state index in [0.717, 1.165) is 13.2 Å². The number of likely N-dealkylation sites (N-methyl/N-ethyl adjacent to an activating group) is 1. The second-order valence-electron chi connectivity index (χ2n) is 4.39. The van der Waals surface area contributed by atoms with Gasteiger partial charge in [0.1, 0.15) is 0 Å². The number of amides is 1. The summed E-state index contributed by atoms with van der Waals surface area (Å²) in [5, 5.41) is 2.81. The van der Waals surface area contributed by atoms with Gasteiger partial charge in [-0.1, -0.05) is 12.1 Å². The molecule has 0 spiro atoms. The Hall–Kier alpha value is -1.59. The van der Waals surface area contributed by atoms with Crippen molar-refractivity contribution in [3.63, 3.8) is 0 Å². The maximum Gasteiger partial charge on any atom is 0.225 e. The number of hydrogen-bond donors (Lipinski definition) is 2. The zero-order valence-corrected chi connectivity index (χ0v) is 11.7. The molecule has 0 aromatic heterocycles. The monoisotopic (exact) mass is 265 g/mol. The van der Waals surface area contributed by atoms with Gasteiger partial charge in [0.25, 0.3) is 0 Å². The summed E-state index contributed by atoms with van der Waals surface area (Å²) < 4.78 is 5.26. The number of rotatable bonds is 8. The molecule has 1 rings (SSSR count). The summed E-state index contributed by atoms with van der Waals surface area (Å²) in [7, 11) is 1.98. The molecule has 1 aromatic rings. The first-order chi connectivity index (χ1) is 9.13. The van der Waals surface area contributed by atoms with Crippen LogP contribution in [0.3, 0.4) is 0 Å². The van der Waals surface area contributed by atoms with E-state index in [1.54, 1.807) is 12.1 Å². The fourth-order valence-corrected chi connectivity index (χ4v) is 1.59. The number of ether oxygens (including phenoxy) is 1. The SMILES string of the molecule is CCOCCN(C)CCC(=O)Nc1ccccc1N. The predicted molar refractivity (Wildman–Crippen MR) is 78.1 cm³/mol. The molecule has 3 N–H and O–H groups in total. The molecule has 0 saturated carbocycles. The number of hydrogen-bond acceptors (Lipinski definition) is 4. The fourth-order valence-electron chi connectivity index (χ4n) is 1.59. The molecule has 19 heavy (non-hydrogen) atoms. The van der Waals surface area contributed by atoms with Crippen LogP contribution in [0.15, 0.2) is 24.3 Å². The number of para-hydroxylation sites is 2. The molecule has 0 heterocycles. The quantitative estimate of drug-likeness (QED) is 0.553. The number of nitrogens with two attached hydrogens (primary N) is 1. The van der Waals surface area contributed by atoms with Crippen molar-refractivity contribution in [1.29, 1.82) is 0 Å². The van der Waals surface area contributed by atoms with Gasteiger partial charge < -0.3 is 20.7 Å². The molecule has 0 aliphatic rings. The van der Waals surface area contributed by atoms with Gasteiger partial charge in [-0.25, -0.2) is 0 Å². The van der Waals surface area contributed by atoms with Gasteiger partial charge in [-0.05, 0) is 26.1 Å². The lowest BCUT2D eigenvalue weighted by atomic mass is 10.2. The van der Waals surface area contributed by atoms with Crippen molar-refractivity contribution in [2.75, 3.05) is 44.4 Å². The molecule has 0 unspecified atom stereocenters. The number of nitrogens with one attached hydrogen (secondary N) is 1. The van der Waals surface area contributed by atoms with Crippen molar-refractivity contribution in [2.45, 2.75) is 13.3 Å². The third kappa shape index (κ3) is 6.22. The normalized spacial score (nSPS) is 10.7. The predicted octanol–water partition coefficient (Wildman–Crippen LogP) is 1.57. The van der Waals surface area contributed by atoms with Crippen LogP contribution in [0.1, 0.15) is 13.3 Å². The molecule has 5 heteroatoms. The highest BCUT2D eigenvalue weighted by Gasteiger charge is 2.06. The van der Waals surface area contributed by atoms with Crippen molar-refractivity contribution >= 4 is 17.3 Å². The van der Waals surface area contributed by atoms with Crippen LogP contribution in [-0.2, 0) is 9.53 Å². The topological polar surface area (TPSA) is 67.6 Å². The van der Waals surface area contributed by atoms with Gasteiger partial charge in [-0.15, -0.1) is 0 Å². The lowest BCUT2D eigenvalue weighted by Gasteiger charge is -2.16. The average molecular weight is 265 g/mol. The van der Waals surface area contributed by atoms with Crippen LogP contribution in [0.2, 0.25) is 0 Å². The third-order valence-electron chi connectivity index (χ3n) is 2.78. The van der Waals surface area contributed by atoms with Gasteiger partial charge in [0, 0.05) is 26.1 Å². The van der Waals surface area contributed by atoms with E-state index in [0.29, 0.717) is 30.9 Å². The molecule has 0 aliphatic heterocycles. The molecule has 1 aromatic carbocycles. The van der Waals surface area contributed by atoms with E-state index in [1.165, 1.54) is 0 Å². The number of carbonyl (C=O) groups excluding carboxylic acids is 1. The molecule has 0 radical (unpaired) electrons. The number of anilines is 2. The molecule has 0 fully saturated rings. The van der Waals surface area contributed by atoms with Gasteiger partial charge in [-0.2, -0.15) is 0 Å². The summed E-state index contributed by atoms with van der Waals surface area (Å²) in [6.45, 7) is 4.92. The van der Waals surface area contributed by atoms with Crippen molar-refractivity contribution in [3.8, 4) is 0 Å². The van der Waals surface area contributed by atoms with Crippen molar-refractivity contribution in [3.05, 3.63) is 24.3 Å². The number of carbonyl (C=O) groups is 1. The van der Waals surface area contributed by atoms with E-state index in [4.69, 9.17) is 10.5 Å². The van der Waals surface area contributed by atoms with Crippen LogP contribution >= 0.6 is 0 Å². The Kier molecular flexibility index (Phi) is 6.92. The van der Waals surface area contributed by atoms with Crippen molar-refractivity contribution in [2.24, 2.45) is 0 Å². The van der Waals surface area contributed by atoms with E-state index in [-0.39, 0.29) is 5.91 Å². The van der Waals surface area contributed by atoms with E-state index >= 15 is 0 Å². The fraction of sp³-hybridized carbons (Fsp3) is 0.500. The standard InChI is InChI=1S/C14H23N3O2/c1-3-19-11-10-17(2)9-8-14(18)16-13-7-5-4-6-12(13)15/h4-7H,3,8-11,15H2,1-2H3,(H,16,18). The lowest BCUT2D eigenvalue weighted by Crippen LogP contribution is -2.27. The third-order valence-corrected chi connectivity index (χ3v) is 2.78. The molecule has 0 atom stereocenters. The largest absolute Gasteiger partial charge is 0.397 e. The van der Waals surface area contributed by atoms with Gasteiger partial charge in [0.2, 0.25) is 5.91 Å². The first-order valence-corrected chi connectivity index (χ1v) is 6.54. The summed E-state index contributed by atoms with van der Waals surface area (Å²) in [5.41, 5.74) is 7.02. The Bertz CT molecular complexity index is 396. The average Bonchev–Trinajstić information content (AvgIpc) is 2.39. The van der Waals surface area contributed by atoms with Crippen LogP contribution < -0.4 is 11.1 Å². The highest BCUT2D eigenvalue weighted by molar-refractivity contribution is 5.93. The second kappa shape index (κ2) is 8.50. The van der Waals surface area contributed by atoms with Gasteiger partial charge in [-0.3, -0.25) is 4.79 Å². The Morgan fingerprint density at radius 1 is 1.37 bits per heavy atom. The summed E-state index contributed by atoms with van der Waals surface area (Å²) in [5.74, 6) is -0.0267. The van der Waals surface area contributed by atoms with Crippen LogP contribution in [0.25, 0.3) is 0 Å². The van der Waals surface area contributed by atoms with Gasteiger partial charge in [0.05, 0.1) is 18.0 Å². The summed E-state index contributed by atoms with van der Waals surface area (Å²) in [4.78, 5) is 13.8. The van der Waals surface area contributed by atoms with Gasteiger partial charge >= 0.3 is 0 Å². The molecule has 0 aliphatic carbocycles. The maximum atomic E-state index is 11.8. The molecule has 5 nitrogen and oxygen atoms in total. The van der Waals surface area contributed by atoms with Gasteiger partial charge in [0.15, 0.2) is 0 Å². The van der Waals surface area contributed by atoms with Crippen LogP contribution in [-0.4, -0.2) is 44.2 Å². The summed E-state index contributed by atoms with van der Waals surface area (Å²) in [6.07, 6.45) is 0.441.